The van der Waals surface area contributed by atoms with E-state index in [1.165, 1.54) is 0 Å². The number of rotatable bonds is 4. The number of ether oxygens (including phenoxy) is 2. The highest BCUT2D eigenvalue weighted by Gasteiger charge is 2.34. The minimum Gasteiger partial charge on any atom is -0.493 e. The molecule has 4 rings (SSSR count). The summed E-state index contributed by atoms with van der Waals surface area (Å²) in [5, 5.41) is 7.55. The number of nitrogens with zero attached hydrogens (tertiary/aromatic N) is 2. The summed E-state index contributed by atoms with van der Waals surface area (Å²) in [5.74, 6) is 2.03. The van der Waals surface area contributed by atoms with E-state index < -0.39 is 0 Å². The summed E-state index contributed by atoms with van der Waals surface area (Å²) in [5.41, 5.74) is 3.82. The SMILES string of the molecule is COc1ccc([C@H]2S[C@H](C)C(=O)Nc3c2c(C)nn3-c2ccccc2)cc1OC. The second-order valence-electron chi connectivity index (χ2n) is 6.86. The normalized spacial score (nSPS) is 18.6. The molecule has 0 saturated heterocycles. The van der Waals surface area contributed by atoms with E-state index >= 15 is 0 Å². The van der Waals surface area contributed by atoms with Crippen molar-refractivity contribution in [2.75, 3.05) is 19.5 Å². The van der Waals surface area contributed by atoms with Crippen molar-refractivity contribution in [3.8, 4) is 17.2 Å². The fraction of sp³-hybridized carbons (Fsp3) is 0.273. The summed E-state index contributed by atoms with van der Waals surface area (Å²) in [4.78, 5) is 12.8. The van der Waals surface area contributed by atoms with Crippen LogP contribution in [0.3, 0.4) is 0 Å². The molecule has 0 aliphatic carbocycles. The number of carbonyl (C=O) groups is 1. The second-order valence-corrected chi connectivity index (χ2v) is 8.31. The van der Waals surface area contributed by atoms with Gasteiger partial charge in [-0.3, -0.25) is 4.79 Å². The summed E-state index contributed by atoms with van der Waals surface area (Å²) in [6.07, 6.45) is 0. The Bertz CT molecular complexity index is 1050. The number of carbonyl (C=O) groups excluding carboxylic acids is 1. The van der Waals surface area contributed by atoms with Gasteiger partial charge in [0.05, 0.1) is 36.1 Å². The van der Waals surface area contributed by atoms with Crippen LogP contribution < -0.4 is 14.8 Å². The Labute approximate surface area is 174 Å². The fourth-order valence-electron chi connectivity index (χ4n) is 3.54. The standard InChI is InChI=1S/C22H23N3O3S/c1-13-19-20(15-10-11-17(27-3)18(12-15)28-4)29-14(2)22(26)23-21(19)25(24-13)16-8-6-5-7-9-16/h5-12,14,20H,1-4H3,(H,23,26)/t14-,20-/m1/s1. The largest absolute Gasteiger partial charge is 0.493 e. The average Bonchev–Trinajstić information content (AvgIpc) is 3.00. The van der Waals surface area contributed by atoms with Crippen LogP contribution in [0, 0.1) is 6.92 Å². The Kier molecular flexibility index (Phi) is 5.24. The predicted molar refractivity (Wildman–Crippen MR) is 115 cm³/mol. The molecule has 1 amide bonds. The van der Waals surface area contributed by atoms with E-state index in [2.05, 4.69) is 5.32 Å². The molecule has 2 aromatic carbocycles. The van der Waals surface area contributed by atoms with Gasteiger partial charge in [-0.15, -0.1) is 11.8 Å². The van der Waals surface area contributed by atoms with Gasteiger partial charge in [0.25, 0.3) is 0 Å². The van der Waals surface area contributed by atoms with Crippen molar-refractivity contribution in [1.29, 1.82) is 0 Å². The first-order valence-electron chi connectivity index (χ1n) is 9.36. The van der Waals surface area contributed by atoms with Crippen LogP contribution in [0.4, 0.5) is 5.82 Å². The molecule has 7 heteroatoms. The second kappa shape index (κ2) is 7.83. The molecule has 0 bridgehead atoms. The summed E-state index contributed by atoms with van der Waals surface area (Å²) >= 11 is 1.60. The first kappa shape index (κ1) is 19.4. The number of fused-ring (bicyclic) bond motifs is 1. The average molecular weight is 410 g/mol. The lowest BCUT2D eigenvalue weighted by Gasteiger charge is -2.19. The Hall–Kier alpha value is -2.93. The number of amides is 1. The summed E-state index contributed by atoms with van der Waals surface area (Å²) in [7, 11) is 3.24. The van der Waals surface area contributed by atoms with Gasteiger partial charge in [-0.05, 0) is 43.7 Å². The van der Waals surface area contributed by atoms with Crippen LogP contribution in [0.25, 0.3) is 5.69 Å². The molecular formula is C22H23N3O3S. The molecule has 1 aliphatic rings. The zero-order chi connectivity index (χ0) is 20.5. The van der Waals surface area contributed by atoms with Crippen molar-refractivity contribution < 1.29 is 14.3 Å². The number of para-hydroxylation sites is 1. The Morgan fingerprint density at radius 1 is 1.07 bits per heavy atom. The molecule has 0 fully saturated rings. The van der Waals surface area contributed by atoms with Gasteiger partial charge < -0.3 is 14.8 Å². The molecule has 2 atom stereocenters. The number of methoxy groups -OCH3 is 2. The quantitative estimate of drug-likeness (QED) is 0.694. The minimum absolute atomic E-state index is 0.0312. The maximum Gasteiger partial charge on any atom is 0.238 e. The van der Waals surface area contributed by atoms with Crippen molar-refractivity contribution in [1.82, 2.24) is 9.78 Å². The van der Waals surface area contributed by atoms with Gasteiger partial charge in [-0.1, -0.05) is 24.3 Å². The van der Waals surface area contributed by atoms with Crippen LogP contribution in [0.15, 0.2) is 48.5 Å². The topological polar surface area (TPSA) is 65.4 Å². The molecule has 0 spiro atoms. The van der Waals surface area contributed by atoms with E-state index in [9.17, 15) is 4.79 Å². The maximum atomic E-state index is 12.8. The van der Waals surface area contributed by atoms with Crippen LogP contribution in [0.1, 0.15) is 29.0 Å². The summed E-state index contributed by atoms with van der Waals surface area (Å²) in [6.45, 7) is 3.91. The molecule has 29 heavy (non-hydrogen) atoms. The highest BCUT2D eigenvalue weighted by molar-refractivity contribution is 8.01. The number of hydrogen-bond acceptors (Lipinski definition) is 5. The predicted octanol–water partition coefficient (Wildman–Crippen LogP) is 4.36. The van der Waals surface area contributed by atoms with Crippen LogP contribution in [0.2, 0.25) is 0 Å². The van der Waals surface area contributed by atoms with Crippen molar-refractivity contribution >= 4 is 23.5 Å². The van der Waals surface area contributed by atoms with Gasteiger partial charge >= 0.3 is 0 Å². The number of hydrogen-bond donors (Lipinski definition) is 1. The summed E-state index contributed by atoms with van der Waals surface area (Å²) < 4.78 is 12.7. The van der Waals surface area contributed by atoms with Crippen molar-refractivity contribution in [3.05, 3.63) is 65.4 Å². The van der Waals surface area contributed by atoms with Crippen LogP contribution in [-0.2, 0) is 4.79 Å². The number of anilines is 1. The van der Waals surface area contributed by atoms with Crippen LogP contribution in [0.5, 0.6) is 11.5 Å². The molecule has 3 aromatic rings. The monoisotopic (exact) mass is 409 g/mol. The lowest BCUT2D eigenvalue weighted by atomic mass is 10.0. The molecule has 6 nitrogen and oxygen atoms in total. The molecule has 1 N–H and O–H groups in total. The molecule has 1 aromatic heterocycles. The number of thioether (sulfide) groups is 1. The lowest BCUT2D eigenvalue weighted by molar-refractivity contribution is -0.115. The molecule has 1 aliphatic heterocycles. The Morgan fingerprint density at radius 3 is 2.48 bits per heavy atom. The molecular weight excluding hydrogens is 386 g/mol. The van der Waals surface area contributed by atoms with E-state index in [-0.39, 0.29) is 16.4 Å². The first-order chi connectivity index (χ1) is 14.0. The fourth-order valence-corrected chi connectivity index (χ4v) is 4.86. The Morgan fingerprint density at radius 2 is 1.79 bits per heavy atom. The van der Waals surface area contributed by atoms with E-state index in [0.29, 0.717) is 11.5 Å². The number of aryl methyl sites for hydroxylation is 1. The molecule has 150 valence electrons. The van der Waals surface area contributed by atoms with Crippen molar-refractivity contribution in [2.24, 2.45) is 0 Å². The van der Waals surface area contributed by atoms with E-state index in [4.69, 9.17) is 14.6 Å². The van der Waals surface area contributed by atoms with E-state index in [1.54, 1.807) is 26.0 Å². The number of aromatic nitrogens is 2. The highest BCUT2D eigenvalue weighted by atomic mass is 32.2. The third kappa shape index (κ3) is 3.46. The molecule has 0 unspecified atom stereocenters. The van der Waals surface area contributed by atoms with E-state index in [1.807, 2.05) is 67.1 Å². The third-order valence-electron chi connectivity index (χ3n) is 5.03. The Balaban J connectivity index is 1.89. The van der Waals surface area contributed by atoms with Gasteiger partial charge in [0.1, 0.15) is 5.82 Å². The number of benzene rings is 2. The number of nitrogens with one attached hydrogen (secondary N) is 1. The van der Waals surface area contributed by atoms with Gasteiger partial charge in [-0.25, -0.2) is 4.68 Å². The van der Waals surface area contributed by atoms with Crippen LogP contribution in [-0.4, -0.2) is 35.2 Å². The zero-order valence-electron chi connectivity index (χ0n) is 16.8. The van der Waals surface area contributed by atoms with Gasteiger partial charge in [0.2, 0.25) is 5.91 Å². The van der Waals surface area contributed by atoms with Gasteiger partial charge in [0.15, 0.2) is 11.5 Å². The maximum absolute atomic E-state index is 12.8. The zero-order valence-corrected chi connectivity index (χ0v) is 17.6. The highest BCUT2D eigenvalue weighted by Crippen LogP contribution is 2.47. The molecule has 0 radical (unpaired) electrons. The smallest absolute Gasteiger partial charge is 0.238 e. The first-order valence-corrected chi connectivity index (χ1v) is 10.3. The van der Waals surface area contributed by atoms with Crippen molar-refractivity contribution in [3.63, 3.8) is 0 Å². The van der Waals surface area contributed by atoms with Crippen LogP contribution >= 0.6 is 11.8 Å². The van der Waals surface area contributed by atoms with Crippen molar-refractivity contribution in [2.45, 2.75) is 24.3 Å². The molecule has 0 saturated carbocycles. The summed E-state index contributed by atoms with van der Waals surface area (Å²) in [6, 6.07) is 15.7. The third-order valence-corrected chi connectivity index (χ3v) is 6.43. The van der Waals surface area contributed by atoms with Gasteiger partial charge in [0, 0.05) is 5.56 Å². The van der Waals surface area contributed by atoms with E-state index in [0.717, 1.165) is 28.3 Å². The molecule has 2 heterocycles. The minimum atomic E-state index is -0.218. The lowest BCUT2D eigenvalue weighted by Crippen LogP contribution is -2.22. The van der Waals surface area contributed by atoms with Gasteiger partial charge in [-0.2, -0.15) is 5.10 Å².